The number of methoxy groups -OCH3 is 1. The first-order valence-electron chi connectivity index (χ1n) is 12.4. The average Bonchev–Trinajstić information content (AvgIpc) is 3.65. The number of carbonyl (C=O) groups is 2. The van der Waals surface area contributed by atoms with Gasteiger partial charge in [0.1, 0.15) is 5.54 Å². The van der Waals surface area contributed by atoms with Crippen molar-refractivity contribution in [1.82, 2.24) is 15.1 Å². The lowest BCUT2D eigenvalue weighted by Gasteiger charge is -2.41. The van der Waals surface area contributed by atoms with Crippen LogP contribution in [0.2, 0.25) is 5.02 Å². The molecule has 2 aliphatic heterocycles. The van der Waals surface area contributed by atoms with Crippen LogP contribution in [0, 0.1) is 11.8 Å². The molecule has 2 heterocycles. The maximum absolute atomic E-state index is 13.8. The van der Waals surface area contributed by atoms with Gasteiger partial charge in [-0.3, -0.25) is 14.6 Å². The molecule has 0 spiro atoms. The van der Waals surface area contributed by atoms with E-state index in [1.54, 1.807) is 13.2 Å². The summed E-state index contributed by atoms with van der Waals surface area (Å²) < 4.78 is 5.24. The van der Waals surface area contributed by atoms with E-state index in [2.05, 4.69) is 10.2 Å². The minimum atomic E-state index is -0.967. The standard InChI is InChI=1S/C27H32ClN3O4/c1-35-24-14-19(8-9-23(24)32)16-30-12-10-21(11-13-30)27(15-20-4-2-3-5-22(20)28)25(33)31(26(34)29-27)17-18-6-7-18/h2-5,8-9,14,18,21,32H,6-7,10-13,15-17H2,1H3,(H,29,34). The van der Waals surface area contributed by atoms with Gasteiger partial charge in [0.15, 0.2) is 11.5 Å². The van der Waals surface area contributed by atoms with Gasteiger partial charge in [-0.25, -0.2) is 4.79 Å². The van der Waals surface area contributed by atoms with Crippen LogP contribution in [0.25, 0.3) is 0 Å². The molecule has 2 aromatic rings. The fraction of sp³-hybridized carbons (Fsp3) is 0.481. The molecule has 1 unspecified atom stereocenters. The molecular formula is C27H32ClN3O4. The summed E-state index contributed by atoms with van der Waals surface area (Å²) in [7, 11) is 1.54. The van der Waals surface area contributed by atoms with Crippen molar-refractivity contribution in [3.63, 3.8) is 0 Å². The number of phenols is 1. The van der Waals surface area contributed by atoms with Gasteiger partial charge in [-0.05, 0) is 79.9 Å². The lowest BCUT2D eigenvalue weighted by molar-refractivity contribution is -0.134. The van der Waals surface area contributed by atoms with Gasteiger partial charge in [-0.1, -0.05) is 35.9 Å². The molecule has 3 aliphatic rings. The van der Waals surface area contributed by atoms with Gasteiger partial charge < -0.3 is 15.2 Å². The van der Waals surface area contributed by atoms with E-state index in [9.17, 15) is 14.7 Å². The van der Waals surface area contributed by atoms with Crippen LogP contribution in [0.15, 0.2) is 42.5 Å². The Bertz CT molecular complexity index is 1110. The number of hydrogen-bond acceptors (Lipinski definition) is 5. The third-order valence-corrected chi connectivity index (χ3v) is 8.07. The molecule has 186 valence electrons. The van der Waals surface area contributed by atoms with E-state index in [1.165, 1.54) is 4.90 Å². The Morgan fingerprint density at radius 1 is 1.11 bits per heavy atom. The van der Waals surface area contributed by atoms with Crippen molar-refractivity contribution in [2.45, 2.75) is 44.2 Å². The van der Waals surface area contributed by atoms with Crippen LogP contribution in [0.5, 0.6) is 11.5 Å². The maximum atomic E-state index is 13.8. The highest BCUT2D eigenvalue weighted by Crippen LogP contribution is 2.40. The Balaban J connectivity index is 1.34. The van der Waals surface area contributed by atoms with Gasteiger partial charge in [0.2, 0.25) is 0 Å². The molecule has 2 N–H and O–H groups in total. The number of rotatable bonds is 8. The van der Waals surface area contributed by atoms with Gasteiger partial charge in [-0.2, -0.15) is 0 Å². The SMILES string of the molecule is COc1cc(CN2CCC(C3(Cc4ccccc4Cl)NC(=O)N(CC4CC4)C3=O)CC2)ccc1O. The van der Waals surface area contributed by atoms with Crippen molar-refractivity contribution in [3.8, 4) is 11.5 Å². The van der Waals surface area contributed by atoms with Crippen molar-refractivity contribution >= 4 is 23.5 Å². The van der Waals surface area contributed by atoms with Crippen LogP contribution >= 0.6 is 11.6 Å². The first kappa shape index (κ1) is 23.9. The number of ether oxygens (including phenoxy) is 1. The van der Waals surface area contributed by atoms with E-state index in [0.29, 0.717) is 29.7 Å². The topological polar surface area (TPSA) is 82.1 Å². The molecule has 1 aliphatic carbocycles. The number of nitrogens with zero attached hydrogens (tertiary/aromatic N) is 2. The molecule has 2 saturated heterocycles. The number of amides is 3. The second-order valence-electron chi connectivity index (χ2n) is 10.1. The number of nitrogens with one attached hydrogen (secondary N) is 1. The highest BCUT2D eigenvalue weighted by Gasteiger charge is 2.56. The van der Waals surface area contributed by atoms with E-state index < -0.39 is 5.54 Å². The van der Waals surface area contributed by atoms with E-state index in [-0.39, 0.29) is 23.6 Å². The summed E-state index contributed by atoms with van der Waals surface area (Å²) >= 11 is 6.49. The quantitative estimate of drug-likeness (QED) is 0.534. The zero-order valence-corrected chi connectivity index (χ0v) is 20.8. The van der Waals surface area contributed by atoms with Crippen molar-refractivity contribution in [1.29, 1.82) is 0 Å². The van der Waals surface area contributed by atoms with Crippen LogP contribution in [-0.4, -0.2) is 59.1 Å². The number of aromatic hydroxyl groups is 1. The van der Waals surface area contributed by atoms with E-state index in [0.717, 1.165) is 56.4 Å². The van der Waals surface area contributed by atoms with E-state index in [1.807, 2.05) is 36.4 Å². The predicted molar refractivity (Wildman–Crippen MR) is 134 cm³/mol. The zero-order valence-electron chi connectivity index (χ0n) is 20.0. The number of phenolic OH excluding ortho intramolecular Hbond substituents is 1. The number of likely N-dealkylation sites (tertiary alicyclic amines) is 1. The smallest absolute Gasteiger partial charge is 0.325 e. The third kappa shape index (κ3) is 4.84. The van der Waals surface area contributed by atoms with Gasteiger partial charge in [-0.15, -0.1) is 0 Å². The lowest BCUT2D eigenvalue weighted by Crippen LogP contribution is -2.57. The average molecular weight is 498 g/mol. The first-order chi connectivity index (χ1) is 16.9. The summed E-state index contributed by atoms with van der Waals surface area (Å²) in [5.41, 5.74) is 0.976. The van der Waals surface area contributed by atoms with Crippen LogP contribution in [0.4, 0.5) is 4.79 Å². The van der Waals surface area contributed by atoms with Gasteiger partial charge in [0.25, 0.3) is 5.91 Å². The van der Waals surface area contributed by atoms with Crippen LogP contribution in [0.1, 0.15) is 36.8 Å². The molecule has 0 bridgehead atoms. The zero-order chi connectivity index (χ0) is 24.6. The number of benzene rings is 2. The van der Waals surface area contributed by atoms with Gasteiger partial charge in [0, 0.05) is 24.5 Å². The monoisotopic (exact) mass is 497 g/mol. The molecule has 0 radical (unpaired) electrons. The summed E-state index contributed by atoms with van der Waals surface area (Å²) in [6, 6.07) is 12.7. The Hall–Kier alpha value is -2.77. The van der Waals surface area contributed by atoms with Crippen molar-refractivity contribution in [2.24, 2.45) is 11.8 Å². The van der Waals surface area contributed by atoms with E-state index >= 15 is 0 Å². The second kappa shape index (κ2) is 9.70. The fourth-order valence-electron chi connectivity index (χ4n) is 5.51. The summed E-state index contributed by atoms with van der Waals surface area (Å²) in [4.78, 5) is 30.6. The van der Waals surface area contributed by atoms with Gasteiger partial charge in [0.05, 0.1) is 7.11 Å². The Morgan fingerprint density at radius 3 is 2.54 bits per heavy atom. The summed E-state index contributed by atoms with van der Waals surface area (Å²) in [5.74, 6) is 0.944. The largest absolute Gasteiger partial charge is 0.504 e. The molecular weight excluding hydrogens is 466 g/mol. The maximum Gasteiger partial charge on any atom is 0.325 e. The van der Waals surface area contributed by atoms with Crippen LogP contribution in [-0.2, 0) is 17.8 Å². The minimum Gasteiger partial charge on any atom is -0.504 e. The molecule has 5 rings (SSSR count). The number of hydrogen-bond donors (Lipinski definition) is 2. The summed E-state index contributed by atoms with van der Waals surface area (Å²) in [5, 5.41) is 13.6. The molecule has 8 heteroatoms. The molecule has 2 aromatic carbocycles. The molecule has 1 saturated carbocycles. The van der Waals surface area contributed by atoms with Crippen molar-refractivity contribution < 1.29 is 19.4 Å². The molecule has 7 nitrogen and oxygen atoms in total. The second-order valence-corrected chi connectivity index (χ2v) is 10.5. The first-order valence-corrected chi connectivity index (χ1v) is 12.7. The molecule has 1 atom stereocenters. The molecule has 35 heavy (non-hydrogen) atoms. The number of urea groups is 1. The normalized spacial score (nSPS) is 23.5. The summed E-state index contributed by atoms with van der Waals surface area (Å²) in [6.45, 7) is 2.86. The highest BCUT2D eigenvalue weighted by molar-refractivity contribution is 6.31. The Kier molecular flexibility index (Phi) is 6.64. The van der Waals surface area contributed by atoms with E-state index in [4.69, 9.17) is 16.3 Å². The number of halogens is 1. The van der Waals surface area contributed by atoms with Crippen LogP contribution < -0.4 is 10.1 Å². The van der Waals surface area contributed by atoms with Gasteiger partial charge >= 0.3 is 6.03 Å². The molecule has 0 aromatic heterocycles. The molecule has 3 fully saturated rings. The van der Waals surface area contributed by atoms with Crippen LogP contribution in [0.3, 0.4) is 0 Å². The highest BCUT2D eigenvalue weighted by atomic mass is 35.5. The number of carbonyl (C=O) groups excluding carboxylic acids is 2. The summed E-state index contributed by atoms with van der Waals surface area (Å²) in [6.07, 6.45) is 4.15. The predicted octanol–water partition coefficient (Wildman–Crippen LogP) is 4.21. The number of imide groups is 1. The van der Waals surface area contributed by atoms with Crippen molar-refractivity contribution in [3.05, 3.63) is 58.6 Å². The Labute approximate surface area is 211 Å². The minimum absolute atomic E-state index is 0.0185. The van der Waals surface area contributed by atoms with Crippen molar-refractivity contribution in [2.75, 3.05) is 26.7 Å². The molecule has 3 amide bonds. The Morgan fingerprint density at radius 2 is 1.86 bits per heavy atom. The number of piperidine rings is 1. The lowest BCUT2D eigenvalue weighted by atomic mass is 9.73. The third-order valence-electron chi connectivity index (χ3n) is 7.70. The fourth-order valence-corrected chi connectivity index (χ4v) is 5.72.